The van der Waals surface area contributed by atoms with Gasteiger partial charge in [-0.2, -0.15) is 0 Å². The number of carbonyl (C=O) groups excluding carboxylic acids is 1. The van der Waals surface area contributed by atoms with E-state index in [2.05, 4.69) is 21.2 Å². The van der Waals surface area contributed by atoms with Gasteiger partial charge in [-0.1, -0.05) is 22.0 Å². The van der Waals surface area contributed by atoms with Gasteiger partial charge in [-0.25, -0.2) is 0 Å². The first kappa shape index (κ1) is 14.2. The van der Waals surface area contributed by atoms with Crippen molar-refractivity contribution in [1.29, 1.82) is 0 Å². The molecule has 1 amide bonds. The van der Waals surface area contributed by atoms with E-state index < -0.39 is 0 Å². The maximum atomic E-state index is 12.2. The summed E-state index contributed by atoms with van der Waals surface area (Å²) in [7, 11) is 3.76. The Kier molecular flexibility index (Phi) is 5.65. The van der Waals surface area contributed by atoms with Crippen molar-refractivity contribution in [2.45, 2.75) is 13.3 Å². The molecule has 0 aromatic heterocycles. The molecule has 0 aliphatic carbocycles. The van der Waals surface area contributed by atoms with Crippen LogP contribution >= 0.6 is 15.9 Å². The minimum absolute atomic E-state index is 0.0832. The van der Waals surface area contributed by atoms with Gasteiger partial charge in [0, 0.05) is 23.6 Å². The highest BCUT2D eigenvalue weighted by atomic mass is 79.9. The number of amides is 1. The third-order valence-electron chi connectivity index (χ3n) is 2.77. The highest BCUT2D eigenvalue weighted by molar-refractivity contribution is 9.10. The van der Waals surface area contributed by atoms with E-state index in [4.69, 9.17) is 0 Å². The second kappa shape index (κ2) is 6.77. The molecule has 1 N–H and O–H groups in total. The van der Waals surface area contributed by atoms with E-state index in [1.165, 1.54) is 0 Å². The second-order valence-corrected chi connectivity index (χ2v) is 4.95. The van der Waals surface area contributed by atoms with Gasteiger partial charge in [0.1, 0.15) is 0 Å². The average Bonchev–Trinajstić information content (AvgIpc) is 2.32. The van der Waals surface area contributed by atoms with Gasteiger partial charge in [0.15, 0.2) is 0 Å². The summed E-state index contributed by atoms with van der Waals surface area (Å²) in [6.45, 7) is 3.65. The summed E-state index contributed by atoms with van der Waals surface area (Å²) in [6.07, 6.45) is 0.964. The number of benzene rings is 1. The van der Waals surface area contributed by atoms with Crippen molar-refractivity contribution in [3.8, 4) is 0 Å². The van der Waals surface area contributed by atoms with Crippen molar-refractivity contribution in [2.24, 2.45) is 0 Å². The van der Waals surface area contributed by atoms with Crippen molar-refractivity contribution in [3.05, 3.63) is 33.8 Å². The topological polar surface area (TPSA) is 32.3 Å². The Hall–Kier alpha value is -0.870. The standard InChI is InChI=1S/C13H19BrN2O/c1-10-11(6-4-7-12(10)14)13(17)16(3)9-5-8-15-2/h4,6-7,15H,5,8-9H2,1-3H3. The zero-order valence-corrected chi connectivity index (χ0v) is 12.2. The number of nitrogens with one attached hydrogen (secondary N) is 1. The maximum absolute atomic E-state index is 12.2. The lowest BCUT2D eigenvalue weighted by atomic mass is 10.1. The van der Waals surface area contributed by atoms with Crippen molar-refractivity contribution >= 4 is 21.8 Å². The predicted octanol–water partition coefficient (Wildman–Crippen LogP) is 2.44. The van der Waals surface area contributed by atoms with Gasteiger partial charge in [0.25, 0.3) is 5.91 Å². The summed E-state index contributed by atoms with van der Waals surface area (Å²) >= 11 is 3.45. The minimum atomic E-state index is 0.0832. The van der Waals surface area contributed by atoms with Gasteiger partial charge >= 0.3 is 0 Å². The third-order valence-corrected chi connectivity index (χ3v) is 3.62. The number of carbonyl (C=O) groups is 1. The molecular weight excluding hydrogens is 280 g/mol. The fourth-order valence-electron chi connectivity index (χ4n) is 1.64. The normalized spacial score (nSPS) is 10.4. The van der Waals surface area contributed by atoms with E-state index >= 15 is 0 Å². The Balaban J connectivity index is 2.71. The SMILES string of the molecule is CNCCCN(C)C(=O)c1cccc(Br)c1C. The van der Waals surface area contributed by atoms with Crippen LogP contribution in [0.2, 0.25) is 0 Å². The number of nitrogens with zero attached hydrogens (tertiary/aromatic N) is 1. The third kappa shape index (κ3) is 3.82. The van der Waals surface area contributed by atoms with Gasteiger partial charge in [0.2, 0.25) is 0 Å². The van der Waals surface area contributed by atoms with Crippen LogP contribution in [-0.2, 0) is 0 Å². The number of hydrogen-bond donors (Lipinski definition) is 1. The molecule has 1 rings (SSSR count). The molecule has 94 valence electrons. The molecule has 0 heterocycles. The van der Waals surface area contributed by atoms with Crippen LogP contribution < -0.4 is 5.32 Å². The molecular formula is C13H19BrN2O. The molecule has 0 aliphatic heterocycles. The monoisotopic (exact) mass is 298 g/mol. The lowest BCUT2D eigenvalue weighted by Crippen LogP contribution is -2.29. The molecule has 1 aromatic carbocycles. The lowest BCUT2D eigenvalue weighted by molar-refractivity contribution is 0.0793. The van der Waals surface area contributed by atoms with Crippen molar-refractivity contribution in [1.82, 2.24) is 10.2 Å². The smallest absolute Gasteiger partial charge is 0.253 e. The molecule has 0 spiro atoms. The molecule has 0 unspecified atom stereocenters. The van der Waals surface area contributed by atoms with Gasteiger partial charge in [0.05, 0.1) is 0 Å². The van der Waals surface area contributed by atoms with Crippen LogP contribution in [0.3, 0.4) is 0 Å². The van der Waals surface area contributed by atoms with Gasteiger partial charge in [-0.3, -0.25) is 4.79 Å². The summed E-state index contributed by atoms with van der Waals surface area (Å²) in [4.78, 5) is 14.0. The van der Waals surface area contributed by atoms with Gasteiger partial charge in [-0.05, 0) is 44.6 Å². The number of halogens is 1. The largest absolute Gasteiger partial charge is 0.342 e. The first-order valence-corrected chi connectivity index (χ1v) is 6.52. The predicted molar refractivity (Wildman–Crippen MR) is 74.4 cm³/mol. The quantitative estimate of drug-likeness (QED) is 0.847. The van der Waals surface area contributed by atoms with E-state index in [1.807, 2.05) is 39.2 Å². The first-order valence-electron chi connectivity index (χ1n) is 5.73. The Morgan fingerprint density at radius 2 is 2.18 bits per heavy atom. The van der Waals surface area contributed by atoms with E-state index in [1.54, 1.807) is 4.90 Å². The highest BCUT2D eigenvalue weighted by Gasteiger charge is 2.14. The molecule has 0 saturated heterocycles. The number of hydrogen-bond acceptors (Lipinski definition) is 2. The van der Waals surface area contributed by atoms with E-state index in [-0.39, 0.29) is 5.91 Å². The van der Waals surface area contributed by atoms with Crippen molar-refractivity contribution < 1.29 is 4.79 Å². The van der Waals surface area contributed by atoms with E-state index in [0.717, 1.165) is 35.1 Å². The second-order valence-electron chi connectivity index (χ2n) is 4.10. The van der Waals surface area contributed by atoms with Crippen LogP contribution in [0.1, 0.15) is 22.3 Å². The summed E-state index contributed by atoms with van der Waals surface area (Å²) in [5.41, 5.74) is 1.77. The summed E-state index contributed by atoms with van der Waals surface area (Å²) in [5.74, 6) is 0.0832. The van der Waals surface area contributed by atoms with Crippen molar-refractivity contribution in [3.63, 3.8) is 0 Å². The molecule has 3 nitrogen and oxygen atoms in total. The van der Waals surface area contributed by atoms with Crippen LogP contribution in [0.5, 0.6) is 0 Å². The van der Waals surface area contributed by atoms with Gasteiger partial charge < -0.3 is 10.2 Å². The Labute approximate surface area is 111 Å². The van der Waals surface area contributed by atoms with Crippen LogP contribution in [-0.4, -0.2) is 38.0 Å². The Morgan fingerprint density at radius 1 is 1.47 bits per heavy atom. The summed E-state index contributed by atoms with van der Waals surface area (Å²) in [6, 6.07) is 5.72. The average molecular weight is 299 g/mol. The lowest BCUT2D eigenvalue weighted by Gasteiger charge is -2.18. The molecule has 0 fully saturated rings. The van der Waals surface area contributed by atoms with Crippen LogP contribution in [0.15, 0.2) is 22.7 Å². The maximum Gasteiger partial charge on any atom is 0.253 e. The first-order chi connectivity index (χ1) is 8.07. The molecule has 4 heteroatoms. The summed E-state index contributed by atoms with van der Waals surface area (Å²) < 4.78 is 0.979. The Morgan fingerprint density at radius 3 is 2.82 bits per heavy atom. The van der Waals surface area contributed by atoms with Gasteiger partial charge in [-0.15, -0.1) is 0 Å². The molecule has 17 heavy (non-hydrogen) atoms. The fourth-order valence-corrected chi connectivity index (χ4v) is 2.01. The molecule has 0 radical (unpaired) electrons. The van der Waals surface area contributed by atoms with Crippen LogP contribution in [0.4, 0.5) is 0 Å². The molecule has 0 saturated carbocycles. The Bertz CT molecular complexity index is 393. The fraction of sp³-hybridized carbons (Fsp3) is 0.462. The van der Waals surface area contributed by atoms with E-state index in [0.29, 0.717) is 0 Å². The van der Waals surface area contributed by atoms with Crippen LogP contribution in [0, 0.1) is 6.92 Å². The molecule has 0 atom stereocenters. The zero-order valence-electron chi connectivity index (χ0n) is 10.6. The molecule has 1 aromatic rings. The summed E-state index contributed by atoms with van der Waals surface area (Å²) in [5, 5.41) is 3.08. The van der Waals surface area contributed by atoms with Crippen molar-refractivity contribution in [2.75, 3.05) is 27.2 Å². The zero-order chi connectivity index (χ0) is 12.8. The number of rotatable bonds is 5. The highest BCUT2D eigenvalue weighted by Crippen LogP contribution is 2.20. The molecule has 0 aliphatic rings. The molecule has 0 bridgehead atoms. The minimum Gasteiger partial charge on any atom is -0.342 e. The van der Waals surface area contributed by atoms with E-state index in [9.17, 15) is 4.79 Å². The van der Waals surface area contributed by atoms with Crippen LogP contribution in [0.25, 0.3) is 0 Å².